The SMILES string of the molecule is COc1cccc(Oc2cscn2)c1OC. The van der Waals surface area contributed by atoms with Gasteiger partial charge >= 0.3 is 0 Å². The Labute approximate surface area is 97.4 Å². The lowest BCUT2D eigenvalue weighted by Crippen LogP contribution is -1.94. The van der Waals surface area contributed by atoms with E-state index in [4.69, 9.17) is 14.2 Å². The summed E-state index contributed by atoms with van der Waals surface area (Å²) in [6, 6.07) is 5.45. The third kappa shape index (κ3) is 2.09. The van der Waals surface area contributed by atoms with E-state index >= 15 is 0 Å². The fraction of sp³-hybridized carbons (Fsp3) is 0.182. The lowest BCUT2D eigenvalue weighted by atomic mass is 10.3. The van der Waals surface area contributed by atoms with Crippen molar-refractivity contribution in [1.82, 2.24) is 4.98 Å². The van der Waals surface area contributed by atoms with Crippen molar-refractivity contribution in [2.45, 2.75) is 0 Å². The van der Waals surface area contributed by atoms with Crippen LogP contribution in [0.3, 0.4) is 0 Å². The highest BCUT2D eigenvalue weighted by atomic mass is 32.1. The zero-order valence-corrected chi connectivity index (χ0v) is 9.78. The number of thiazole rings is 1. The summed E-state index contributed by atoms with van der Waals surface area (Å²) in [5.74, 6) is 2.34. The molecule has 0 N–H and O–H groups in total. The minimum atomic E-state index is 0.552. The van der Waals surface area contributed by atoms with Gasteiger partial charge in [0.1, 0.15) is 0 Å². The van der Waals surface area contributed by atoms with Gasteiger partial charge in [-0.1, -0.05) is 6.07 Å². The molecule has 0 aliphatic rings. The lowest BCUT2D eigenvalue weighted by molar-refractivity contribution is 0.334. The Balaban J connectivity index is 2.33. The number of nitrogens with zero attached hydrogens (tertiary/aromatic N) is 1. The first-order valence-corrected chi connectivity index (χ1v) is 5.56. The number of hydrogen-bond donors (Lipinski definition) is 0. The first-order valence-electron chi connectivity index (χ1n) is 4.62. The zero-order valence-electron chi connectivity index (χ0n) is 8.97. The predicted octanol–water partition coefficient (Wildman–Crippen LogP) is 2.95. The third-order valence-electron chi connectivity index (χ3n) is 1.99. The molecule has 0 saturated carbocycles. The fourth-order valence-corrected chi connectivity index (χ4v) is 1.75. The molecule has 0 bridgehead atoms. The molecule has 0 fully saturated rings. The van der Waals surface area contributed by atoms with Gasteiger partial charge in [-0.2, -0.15) is 0 Å². The maximum atomic E-state index is 5.58. The summed E-state index contributed by atoms with van der Waals surface area (Å²) < 4.78 is 16.0. The fourth-order valence-electron chi connectivity index (χ4n) is 1.30. The van der Waals surface area contributed by atoms with Crippen LogP contribution in [0.5, 0.6) is 23.1 Å². The van der Waals surface area contributed by atoms with E-state index in [9.17, 15) is 0 Å². The average Bonchev–Trinajstić information content (AvgIpc) is 2.81. The molecule has 0 saturated heterocycles. The van der Waals surface area contributed by atoms with E-state index in [0.717, 1.165) is 0 Å². The van der Waals surface area contributed by atoms with E-state index < -0.39 is 0 Å². The largest absolute Gasteiger partial charge is 0.493 e. The molecule has 4 nitrogen and oxygen atoms in total. The summed E-state index contributed by atoms with van der Waals surface area (Å²) in [7, 11) is 3.16. The molecule has 0 radical (unpaired) electrons. The van der Waals surface area contributed by atoms with E-state index in [-0.39, 0.29) is 0 Å². The minimum absolute atomic E-state index is 0.552. The Kier molecular flexibility index (Phi) is 3.26. The van der Waals surface area contributed by atoms with Gasteiger partial charge in [0.05, 0.1) is 25.1 Å². The van der Waals surface area contributed by atoms with Gasteiger partial charge in [0.15, 0.2) is 11.5 Å². The first-order chi connectivity index (χ1) is 7.85. The maximum absolute atomic E-state index is 5.58. The summed E-state index contributed by atoms with van der Waals surface area (Å²) >= 11 is 1.47. The van der Waals surface area contributed by atoms with E-state index in [1.165, 1.54) is 11.3 Å². The van der Waals surface area contributed by atoms with Crippen LogP contribution in [0.1, 0.15) is 0 Å². The average molecular weight is 237 g/mol. The van der Waals surface area contributed by atoms with E-state index in [1.807, 2.05) is 17.5 Å². The summed E-state index contributed by atoms with van der Waals surface area (Å²) in [6.07, 6.45) is 0. The molecule has 0 spiro atoms. The van der Waals surface area contributed by atoms with Crippen LogP contribution in [0.4, 0.5) is 0 Å². The van der Waals surface area contributed by atoms with Gasteiger partial charge in [-0.15, -0.1) is 11.3 Å². The van der Waals surface area contributed by atoms with Gasteiger partial charge < -0.3 is 14.2 Å². The molecule has 84 valence electrons. The Morgan fingerprint density at radius 1 is 1.12 bits per heavy atom. The second-order valence-corrected chi connectivity index (χ2v) is 3.64. The number of benzene rings is 1. The molecule has 0 unspecified atom stereocenters. The number of hydrogen-bond acceptors (Lipinski definition) is 5. The number of aromatic nitrogens is 1. The summed E-state index contributed by atoms with van der Waals surface area (Å²) in [5, 5.41) is 1.82. The highest BCUT2D eigenvalue weighted by Gasteiger charge is 2.11. The van der Waals surface area contributed by atoms with Gasteiger partial charge in [-0.3, -0.25) is 0 Å². The van der Waals surface area contributed by atoms with Crippen molar-refractivity contribution in [2.75, 3.05) is 14.2 Å². The van der Waals surface area contributed by atoms with Crippen LogP contribution in [0.15, 0.2) is 29.1 Å². The van der Waals surface area contributed by atoms with Gasteiger partial charge in [0.25, 0.3) is 0 Å². The van der Waals surface area contributed by atoms with E-state index in [0.29, 0.717) is 23.1 Å². The number of ether oxygens (including phenoxy) is 3. The molecule has 5 heteroatoms. The second kappa shape index (κ2) is 4.85. The van der Waals surface area contributed by atoms with Gasteiger partial charge in [-0.25, -0.2) is 4.98 Å². The molecular weight excluding hydrogens is 226 g/mol. The number of rotatable bonds is 4. The number of methoxy groups -OCH3 is 2. The van der Waals surface area contributed by atoms with E-state index in [1.54, 1.807) is 25.8 Å². The van der Waals surface area contributed by atoms with Gasteiger partial charge in [0, 0.05) is 0 Å². The smallest absolute Gasteiger partial charge is 0.230 e. The van der Waals surface area contributed by atoms with Gasteiger partial charge in [-0.05, 0) is 12.1 Å². The molecule has 0 aliphatic heterocycles. The minimum Gasteiger partial charge on any atom is -0.493 e. The first kappa shape index (κ1) is 10.8. The molecule has 2 aromatic rings. The third-order valence-corrected chi connectivity index (χ3v) is 2.56. The molecule has 1 heterocycles. The van der Waals surface area contributed by atoms with Crippen LogP contribution in [0.25, 0.3) is 0 Å². The summed E-state index contributed by atoms with van der Waals surface area (Å²) in [5.41, 5.74) is 1.71. The molecule has 0 aliphatic carbocycles. The van der Waals surface area contributed by atoms with Crippen molar-refractivity contribution < 1.29 is 14.2 Å². The zero-order chi connectivity index (χ0) is 11.4. The van der Waals surface area contributed by atoms with Crippen molar-refractivity contribution in [3.63, 3.8) is 0 Å². The highest BCUT2D eigenvalue weighted by Crippen LogP contribution is 2.38. The van der Waals surface area contributed by atoms with Crippen LogP contribution in [-0.2, 0) is 0 Å². The van der Waals surface area contributed by atoms with Crippen LogP contribution in [0, 0.1) is 0 Å². The predicted molar refractivity (Wildman–Crippen MR) is 61.7 cm³/mol. The second-order valence-electron chi connectivity index (χ2n) is 2.92. The van der Waals surface area contributed by atoms with Gasteiger partial charge in [0.2, 0.25) is 11.6 Å². The van der Waals surface area contributed by atoms with Crippen molar-refractivity contribution in [3.05, 3.63) is 29.1 Å². The Morgan fingerprint density at radius 3 is 2.56 bits per heavy atom. The molecular formula is C11H11NO3S. The van der Waals surface area contributed by atoms with Crippen molar-refractivity contribution in [2.24, 2.45) is 0 Å². The molecule has 0 amide bonds. The maximum Gasteiger partial charge on any atom is 0.230 e. The normalized spacial score (nSPS) is 9.88. The molecule has 0 atom stereocenters. The summed E-state index contributed by atoms with van der Waals surface area (Å²) in [6.45, 7) is 0. The monoisotopic (exact) mass is 237 g/mol. The highest BCUT2D eigenvalue weighted by molar-refractivity contribution is 7.07. The Hall–Kier alpha value is -1.75. The topological polar surface area (TPSA) is 40.6 Å². The van der Waals surface area contributed by atoms with E-state index in [2.05, 4.69) is 4.98 Å². The molecule has 1 aromatic carbocycles. The van der Waals surface area contributed by atoms with Crippen LogP contribution < -0.4 is 14.2 Å². The van der Waals surface area contributed by atoms with Crippen molar-refractivity contribution in [3.8, 4) is 23.1 Å². The van der Waals surface area contributed by atoms with Crippen LogP contribution in [0.2, 0.25) is 0 Å². The standard InChI is InChI=1S/C11H11NO3S/c1-13-8-4-3-5-9(11(8)14-2)15-10-6-16-7-12-10/h3-7H,1-2H3. The Morgan fingerprint density at radius 2 is 1.94 bits per heavy atom. The quantitative estimate of drug-likeness (QED) is 0.819. The Bertz CT molecular complexity index is 456. The van der Waals surface area contributed by atoms with Crippen LogP contribution in [-0.4, -0.2) is 19.2 Å². The van der Waals surface area contributed by atoms with Crippen molar-refractivity contribution in [1.29, 1.82) is 0 Å². The summed E-state index contributed by atoms with van der Waals surface area (Å²) in [4.78, 5) is 4.04. The molecule has 1 aromatic heterocycles. The van der Waals surface area contributed by atoms with Crippen LogP contribution >= 0.6 is 11.3 Å². The number of para-hydroxylation sites is 1. The lowest BCUT2D eigenvalue weighted by Gasteiger charge is -2.11. The van der Waals surface area contributed by atoms with Crippen molar-refractivity contribution >= 4 is 11.3 Å². The molecule has 16 heavy (non-hydrogen) atoms. The molecule has 2 rings (SSSR count).